The summed E-state index contributed by atoms with van der Waals surface area (Å²) < 4.78 is 68.1. The summed E-state index contributed by atoms with van der Waals surface area (Å²) in [4.78, 5) is 0.131. The van der Waals surface area contributed by atoms with Crippen molar-refractivity contribution < 1.29 is 31.4 Å². The van der Waals surface area contributed by atoms with Crippen LogP contribution < -0.4 is 9.47 Å². The maximum Gasteiger partial charge on any atom is 0.247 e. The van der Waals surface area contributed by atoms with Crippen molar-refractivity contribution in [3.8, 4) is 11.5 Å². The van der Waals surface area contributed by atoms with E-state index in [4.69, 9.17) is 9.47 Å². The lowest BCUT2D eigenvalue weighted by Crippen LogP contribution is -2.50. The molecule has 1 heterocycles. The highest BCUT2D eigenvalue weighted by Gasteiger charge is 2.39. The van der Waals surface area contributed by atoms with Crippen molar-refractivity contribution in [1.29, 1.82) is 0 Å². The van der Waals surface area contributed by atoms with Crippen LogP contribution in [0.3, 0.4) is 0 Å². The van der Waals surface area contributed by atoms with Gasteiger partial charge in [0.25, 0.3) is 0 Å². The highest BCUT2D eigenvalue weighted by Crippen LogP contribution is 2.37. The molecular weight excluding hydrogens is 528 g/mol. The molecule has 0 spiro atoms. The number of sulfonamides is 2. The zero-order chi connectivity index (χ0) is 27.7. The van der Waals surface area contributed by atoms with Crippen molar-refractivity contribution in [2.24, 2.45) is 5.92 Å². The van der Waals surface area contributed by atoms with Crippen LogP contribution in [0.5, 0.6) is 11.5 Å². The summed E-state index contributed by atoms with van der Waals surface area (Å²) in [5, 5.41) is 9.84. The third kappa shape index (κ3) is 5.62. The van der Waals surface area contributed by atoms with Crippen LogP contribution in [0.2, 0.25) is 0 Å². The lowest BCUT2D eigenvalue weighted by Gasteiger charge is -2.37. The van der Waals surface area contributed by atoms with E-state index >= 15 is 0 Å². The van der Waals surface area contributed by atoms with E-state index in [-0.39, 0.29) is 41.2 Å². The zero-order valence-electron chi connectivity index (χ0n) is 22.2. The Morgan fingerprint density at radius 1 is 1.21 bits per heavy atom. The monoisotopic (exact) mass is 564 g/mol. The van der Waals surface area contributed by atoms with Crippen LogP contribution in [0.25, 0.3) is 5.57 Å². The van der Waals surface area contributed by atoms with Crippen LogP contribution in [0.15, 0.2) is 58.3 Å². The van der Waals surface area contributed by atoms with Crippen molar-refractivity contribution in [2.75, 3.05) is 33.9 Å². The molecule has 0 amide bonds. The van der Waals surface area contributed by atoms with Gasteiger partial charge >= 0.3 is 0 Å². The fraction of sp³-hybridized carbons (Fsp3) is 0.481. The van der Waals surface area contributed by atoms with Crippen LogP contribution in [0.4, 0.5) is 0 Å². The van der Waals surface area contributed by atoms with Crippen LogP contribution in [0.1, 0.15) is 38.7 Å². The van der Waals surface area contributed by atoms with Crippen molar-refractivity contribution in [3.63, 3.8) is 0 Å². The summed E-state index contributed by atoms with van der Waals surface area (Å²) in [5.41, 5.74) is 2.03. The maximum absolute atomic E-state index is 13.7. The summed E-state index contributed by atoms with van der Waals surface area (Å²) in [6.07, 6.45) is 4.42. The van der Waals surface area contributed by atoms with Gasteiger partial charge in [-0.1, -0.05) is 19.1 Å². The van der Waals surface area contributed by atoms with E-state index in [1.165, 1.54) is 34.9 Å². The largest absolute Gasteiger partial charge is 0.497 e. The van der Waals surface area contributed by atoms with Crippen molar-refractivity contribution in [2.45, 2.75) is 55.0 Å². The van der Waals surface area contributed by atoms with E-state index < -0.39 is 32.2 Å². The predicted octanol–water partition coefficient (Wildman–Crippen LogP) is 3.35. The Hall–Kier alpha value is -2.44. The van der Waals surface area contributed by atoms with Crippen molar-refractivity contribution in [3.05, 3.63) is 54.1 Å². The van der Waals surface area contributed by atoms with Gasteiger partial charge in [-0.25, -0.2) is 16.8 Å². The Balaban J connectivity index is 1.72. The van der Waals surface area contributed by atoms with E-state index in [2.05, 4.69) is 6.08 Å². The minimum Gasteiger partial charge on any atom is -0.497 e. The predicted molar refractivity (Wildman–Crippen MR) is 145 cm³/mol. The SMILES string of the molecule is COc1ccc(S(=O)(=O)N(C)C[C@H]2Oc3cc(C4=CCCC4)ccc3S(=O)(=O)N([C@H](C)CO)C[C@@H]2C)cc1. The summed E-state index contributed by atoms with van der Waals surface area (Å²) >= 11 is 0. The van der Waals surface area contributed by atoms with Crippen molar-refractivity contribution in [1.82, 2.24) is 8.61 Å². The maximum atomic E-state index is 13.7. The number of nitrogens with zero attached hydrogens (tertiary/aromatic N) is 2. The summed E-state index contributed by atoms with van der Waals surface area (Å²) in [6, 6.07) is 10.6. The first-order chi connectivity index (χ1) is 18.0. The molecule has 38 heavy (non-hydrogen) atoms. The van der Waals surface area contributed by atoms with Gasteiger partial charge in [0.05, 0.1) is 25.2 Å². The first-order valence-electron chi connectivity index (χ1n) is 12.7. The molecule has 4 rings (SSSR count). The number of hydrogen-bond acceptors (Lipinski definition) is 7. The summed E-state index contributed by atoms with van der Waals surface area (Å²) in [7, 11) is -4.82. The molecular formula is C27H36N2O7S2. The zero-order valence-corrected chi connectivity index (χ0v) is 23.8. The Bertz CT molecular complexity index is 1390. The van der Waals surface area contributed by atoms with Gasteiger partial charge < -0.3 is 14.6 Å². The molecule has 11 heteroatoms. The van der Waals surface area contributed by atoms with Gasteiger partial charge in [-0.2, -0.15) is 8.61 Å². The standard InChI is InChI=1S/C27H36N2O7S2/c1-19-16-29(20(2)18-30)38(33,34)27-14-9-22(21-7-5-6-8-21)15-25(27)36-26(19)17-28(3)37(31,32)24-12-10-23(35-4)11-13-24/h7,9-15,19-20,26,30H,5-6,8,16-18H2,1-4H3/t19-,20+,26+/m0/s1. The van der Waals surface area contributed by atoms with Gasteiger partial charge in [0.15, 0.2) is 0 Å². The van der Waals surface area contributed by atoms with Gasteiger partial charge in [0.1, 0.15) is 22.5 Å². The average Bonchev–Trinajstić information content (AvgIpc) is 3.45. The normalized spacial score (nSPS) is 22.6. The Kier molecular flexibility index (Phi) is 8.53. The van der Waals surface area contributed by atoms with Gasteiger partial charge in [-0.15, -0.1) is 0 Å². The van der Waals surface area contributed by atoms with Gasteiger partial charge in [-0.3, -0.25) is 0 Å². The Morgan fingerprint density at radius 3 is 2.53 bits per heavy atom. The number of fused-ring (bicyclic) bond motifs is 1. The number of aliphatic hydroxyl groups excluding tert-OH is 1. The Labute approximate surface area is 225 Å². The molecule has 2 aliphatic rings. The minimum atomic E-state index is -3.97. The van der Waals surface area contributed by atoms with E-state index in [9.17, 15) is 21.9 Å². The third-order valence-corrected chi connectivity index (χ3v) is 11.1. The topological polar surface area (TPSA) is 113 Å². The van der Waals surface area contributed by atoms with Crippen LogP contribution in [-0.2, 0) is 20.0 Å². The lowest BCUT2D eigenvalue weighted by atomic mass is 10.0. The molecule has 0 unspecified atom stereocenters. The Morgan fingerprint density at radius 2 is 1.92 bits per heavy atom. The minimum absolute atomic E-state index is 0.00326. The van der Waals surface area contributed by atoms with E-state index in [1.807, 2.05) is 6.92 Å². The molecule has 208 valence electrons. The molecule has 0 saturated carbocycles. The number of aliphatic hydroxyl groups is 1. The number of hydrogen-bond donors (Lipinski definition) is 1. The first kappa shape index (κ1) is 28.6. The number of allylic oxidation sites excluding steroid dienone is 2. The molecule has 2 aromatic rings. The summed E-state index contributed by atoms with van der Waals surface area (Å²) in [6.45, 7) is 3.21. The average molecular weight is 565 g/mol. The molecule has 0 fully saturated rings. The number of likely N-dealkylation sites (N-methyl/N-ethyl adjacent to an activating group) is 1. The van der Waals surface area contributed by atoms with Gasteiger partial charge in [-0.05, 0) is 73.7 Å². The smallest absolute Gasteiger partial charge is 0.247 e. The van der Waals surface area contributed by atoms with Gasteiger partial charge in [0, 0.05) is 25.6 Å². The van der Waals surface area contributed by atoms with E-state index in [0.717, 1.165) is 30.4 Å². The molecule has 0 bridgehead atoms. The second kappa shape index (κ2) is 11.4. The number of methoxy groups -OCH3 is 1. The molecule has 9 nitrogen and oxygen atoms in total. The third-order valence-electron chi connectivity index (χ3n) is 7.28. The fourth-order valence-corrected chi connectivity index (χ4v) is 7.86. The van der Waals surface area contributed by atoms with Crippen molar-refractivity contribution >= 4 is 25.6 Å². The highest BCUT2D eigenvalue weighted by molar-refractivity contribution is 7.89. The van der Waals surface area contributed by atoms with E-state index in [0.29, 0.717) is 5.75 Å². The molecule has 0 aromatic heterocycles. The number of rotatable bonds is 8. The highest BCUT2D eigenvalue weighted by atomic mass is 32.2. The second-order valence-corrected chi connectivity index (χ2v) is 13.9. The lowest BCUT2D eigenvalue weighted by molar-refractivity contribution is 0.0904. The summed E-state index contributed by atoms with van der Waals surface area (Å²) in [5.74, 6) is 0.361. The van der Waals surface area contributed by atoms with E-state index in [1.54, 1.807) is 37.3 Å². The molecule has 1 aliphatic carbocycles. The molecule has 0 saturated heterocycles. The fourth-order valence-electron chi connectivity index (χ4n) is 4.86. The van der Waals surface area contributed by atoms with Crippen LogP contribution in [0, 0.1) is 5.92 Å². The molecule has 0 radical (unpaired) electrons. The molecule has 1 aliphatic heterocycles. The molecule has 2 aromatic carbocycles. The van der Waals surface area contributed by atoms with Gasteiger partial charge in [0.2, 0.25) is 20.0 Å². The quantitative estimate of drug-likeness (QED) is 0.523. The van der Waals surface area contributed by atoms with Crippen LogP contribution >= 0.6 is 0 Å². The molecule has 1 N–H and O–H groups in total. The van der Waals surface area contributed by atoms with Crippen LogP contribution in [-0.4, -0.2) is 76.6 Å². The second-order valence-electron chi connectivity index (χ2n) is 9.98. The first-order valence-corrected chi connectivity index (χ1v) is 15.6. The molecule has 3 atom stereocenters. The number of ether oxygens (including phenoxy) is 2. The number of benzene rings is 2.